The number of hydrogen-bond acceptors (Lipinski definition) is 6. The van der Waals surface area contributed by atoms with Crippen molar-refractivity contribution >= 4 is 28.0 Å². The number of carbonyl (C=O) groups excluding carboxylic acids is 1. The smallest absolute Gasteiger partial charge is 0.278 e. The second-order valence-corrected chi connectivity index (χ2v) is 10.5. The number of allylic oxidation sites excluding steroid dienone is 2. The zero-order valence-corrected chi connectivity index (χ0v) is 27.6. The summed E-state index contributed by atoms with van der Waals surface area (Å²) in [7, 11) is 0. The normalized spacial score (nSPS) is 11.6. The molecule has 0 amide bonds. The van der Waals surface area contributed by atoms with E-state index in [0.717, 1.165) is 58.7 Å². The van der Waals surface area contributed by atoms with E-state index in [9.17, 15) is 9.90 Å². The number of rotatable bonds is 9. The third-order valence-electron chi connectivity index (χ3n) is 7.46. The van der Waals surface area contributed by atoms with Gasteiger partial charge in [0.25, 0.3) is 11.4 Å². The molecule has 0 spiro atoms. The number of aliphatic hydroxyl groups is 1. The van der Waals surface area contributed by atoms with Gasteiger partial charge in [-0.3, -0.25) is 4.79 Å². The van der Waals surface area contributed by atoms with Crippen LogP contribution in [0.5, 0.6) is 0 Å². The molecular weight excluding hydrogens is 705 g/mol. The Morgan fingerprint density at radius 1 is 0.857 bits per heavy atom. The Balaban J connectivity index is 0.000000263. The van der Waals surface area contributed by atoms with Crippen LogP contribution in [0.25, 0.3) is 45.1 Å². The van der Waals surface area contributed by atoms with E-state index in [4.69, 9.17) is 8.83 Å². The van der Waals surface area contributed by atoms with Gasteiger partial charge in [-0.05, 0) is 51.7 Å². The molecule has 0 fully saturated rings. The molecule has 0 aliphatic carbocycles. The molecule has 7 heteroatoms. The van der Waals surface area contributed by atoms with Gasteiger partial charge in [0.05, 0.1) is 5.76 Å². The first-order chi connectivity index (χ1) is 19.8. The summed E-state index contributed by atoms with van der Waals surface area (Å²) in [6.45, 7) is 12.2. The Hall–Kier alpha value is -3.54. The van der Waals surface area contributed by atoms with Crippen molar-refractivity contribution in [3.8, 4) is 22.9 Å². The number of carbonyl (C=O) groups is 1. The van der Waals surface area contributed by atoms with Gasteiger partial charge in [0, 0.05) is 43.6 Å². The number of aromatic nitrogens is 2. The molecule has 6 nitrogen and oxygen atoms in total. The third-order valence-corrected chi connectivity index (χ3v) is 7.46. The van der Waals surface area contributed by atoms with Gasteiger partial charge in [0.2, 0.25) is 5.89 Å². The standard InChI is InChI=1S/C22H15N2O2.C13H24O2.Ir/c1-13-10-14(2)12-16(11-13)19-23-21-22(25-19)24-20(26-21)18-9-5-7-15-6-3-4-8-17(15)18;1-5-10(6-2)12(14)9-13(15)11(7-3)8-4;/h3-8,10-12H,1-2H3;9-11,14H,5-8H2,1-4H3;/q-1;;/b;12-9-;. The monoisotopic (exact) mass is 744 g/mol. The number of hydrogen-bond donors (Lipinski definition) is 1. The number of ketones is 1. The molecule has 0 saturated carbocycles. The van der Waals surface area contributed by atoms with Crippen molar-refractivity contribution in [2.24, 2.45) is 11.8 Å². The summed E-state index contributed by atoms with van der Waals surface area (Å²) in [4.78, 5) is 20.7. The SMILES string of the molecule is CCC(CC)C(=O)/C=C(\O)C(CC)CC.Cc1cc(C)cc(-c2nc3oc(-c4[c-]ccc5ccccc45)nc3o2)c1.[Ir]. The van der Waals surface area contributed by atoms with Gasteiger partial charge >= 0.3 is 0 Å². The molecule has 3 aromatic carbocycles. The molecule has 0 aliphatic heterocycles. The van der Waals surface area contributed by atoms with E-state index in [1.807, 2.05) is 70.2 Å². The van der Waals surface area contributed by atoms with E-state index >= 15 is 0 Å². The fourth-order valence-electron chi connectivity index (χ4n) is 5.09. The van der Waals surface area contributed by atoms with Gasteiger partial charge in [-0.2, -0.15) is 4.98 Å². The first-order valence-electron chi connectivity index (χ1n) is 14.5. The Labute approximate surface area is 261 Å². The fraction of sp³-hybridized carbons (Fsp3) is 0.343. The number of fused-ring (bicyclic) bond motifs is 2. The molecular formula is C35H39IrN2O4-. The molecule has 1 radical (unpaired) electrons. The predicted octanol–water partition coefficient (Wildman–Crippen LogP) is 9.59. The molecule has 42 heavy (non-hydrogen) atoms. The van der Waals surface area contributed by atoms with E-state index in [1.54, 1.807) is 0 Å². The van der Waals surface area contributed by atoms with Crippen LogP contribution in [0.3, 0.4) is 0 Å². The minimum absolute atomic E-state index is 0. The quantitative estimate of drug-likeness (QED) is 0.0920. The van der Waals surface area contributed by atoms with Crippen molar-refractivity contribution in [2.75, 3.05) is 0 Å². The van der Waals surface area contributed by atoms with Crippen LogP contribution in [-0.2, 0) is 24.9 Å². The van der Waals surface area contributed by atoms with Crippen LogP contribution in [0.15, 0.2) is 75.3 Å². The van der Waals surface area contributed by atoms with E-state index in [-0.39, 0.29) is 43.5 Å². The molecule has 0 aliphatic rings. The van der Waals surface area contributed by atoms with Crippen molar-refractivity contribution in [3.63, 3.8) is 0 Å². The summed E-state index contributed by atoms with van der Waals surface area (Å²) in [6, 6.07) is 21.4. The molecule has 0 bridgehead atoms. The molecule has 5 rings (SSSR count). The number of oxazole rings is 2. The first-order valence-corrected chi connectivity index (χ1v) is 14.5. The van der Waals surface area contributed by atoms with Crippen molar-refractivity contribution in [1.29, 1.82) is 0 Å². The zero-order valence-electron chi connectivity index (χ0n) is 25.2. The number of nitrogens with zero attached hydrogens (tertiary/aromatic N) is 2. The summed E-state index contributed by atoms with van der Waals surface area (Å²) in [5, 5.41) is 11.9. The molecule has 0 saturated heterocycles. The van der Waals surface area contributed by atoms with Gasteiger partial charge < -0.3 is 13.9 Å². The van der Waals surface area contributed by atoms with Crippen molar-refractivity contribution in [1.82, 2.24) is 9.97 Å². The Kier molecular flexibility index (Phi) is 11.8. The molecule has 0 unspecified atom stereocenters. The van der Waals surface area contributed by atoms with E-state index in [2.05, 4.69) is 42.0 Å². The van der Waals surface area contributed by atoms with Gasteiger partial charge in [0.1, 0.15) is 5.89 Å². The topological polar surface area (TPSA) is 89.4 Å². The van der Waals surface area contributed by atoms with Gasteiger partial charge in [0.15, 0.2) is 5.78 Å². The Morgan fingerprint density at radius 3 is 2.05 bits per heavy atom. The predicted molar refractivity (Wildman–Crippen MR) is 165 cm³/mol. The average molecular weight is 744 g/mol. The molecule has 2 heterocycles. The van der Waals surface area contributed by atoms with Crippen molar-refractivity contribution in [2.45, 2.75) is 67.2 Å². The second kappa shape index (κ2) is 15.1. The maximum atomic E-state index is 11.7. The van der Waals surface area contributed by atoms with Gasteiger partial charge in [-0.1, -0.05) is 80.1 Å². The van der Waals surface area contributed by atoms with Crippen molar-refractivity contribution < 1.29 is 38.8 Å². The largest absolute Gasteiger partial charge is 0.512 e. The zero-order chi connectivity index (χ0) is 29.5. The van der Waals surface area contributed by atoms with Crippen LogP contribution in [0, 0.1) is 31.7 Å². The fourth-order valence-corrected chi connectivity index (χ4v) is 5.09. The summed E-state index contributed by atoms with van der Waals surface area (Å²) in [5.41, 5.74) is 4.85. The maximum absolute atomic E-state index is 11.7. The molecule has 0 atom stereocenters. The minimum Gasteiger partial charge on any atom is -0.512 e. The van der Waals surface area contributed by atoms with Crippen molar-refractivity contribution in [3.05, 3.63) is 83.6 Å². The van der Waals surface area contributed by atoms with Crippen LogP contribution >= 0.6 is 0 Å². The molecule has 1 N–H and O–H groups in total. The Bertz CT molecular complexity index is 1600. The van der Waals surface area contributed by atoms with Gasteiger partial charge in [-0.15, -0.1) is 23.6 Å². The van der Waals surface area contributed by atoms with E-state index in [1.165, 1.54) is 6.08 Å². The van der Waals surface area contributed by atoms with Crippen LogP contribution in [0.4, 0.5) is 0 Å². The van der Waals surface area contributed by atoms with E-state index < -0.39 is 0 Å². The molecule has 223 valence electrons. The van der Waals surface area contributed by atoms with E-state index in [0.29, 0.717) is 23.2 Å². The summed E-state index contributed by atoms with van der Waals surface area (Å²) >= 11 is 0. The number of aryl methyl sites for hydroxylation is 2. The van der Waals surface area contributed by atoms with Crippen LogP contribution in [0.2, 0.25) is 0 Å². The second-order valence-electron chi connectivity index (χ2n) is 10.5. The minimum atomic E-state index is 0. The molecule has 2 aromatic heterocycles. The number of benzene rings is 3. The van der Waals surface area contributed by atoms with Gasteiger partial charge in [-0.25, -0.2) is 4.98 Å². The van der Waals surface area contributed by atoms with Crippen LogP contribution in [0.1, 0.15) is 64.5 Å². The van der Waals surface area contributed by atoms with Crippen LogP contribution < -0.4 is 0 Å². The third kappa shape index (κ3) is 7.64. The maximum Gasteiger partial charge on any atom is 0.278 e. The first kappa shape index (κ1) is 33.0. The summed E-state index contributed by atoms with van der Waals surface area (Å²) < 4.78 is 11.7. The Morgan fingerprint density at radius 2 is 1.43 bits per heavy atom. The van der Waals surface area contributed by atoms with Crippen LogP contribution in [-0.4, -0.2) is 20.9 Å². The average Bonchev–Trinajstić information content (AvgIpc) is 3.54. The molecule has 5 aromatic rings. The number of aliphatic hydroxyl groups excluding tert-OH is 1. The summed E-state index contributed by atoms with van der Waals surface area (Å²) in [6.07, 6.45) is 4.91. The summed E-state index contributed by atoms with van der Waals surface area (Å²) in [5.74, 6) is 1.53.